The van der Waals surface area contributed by atoms with Crippen LogP contribution in [0.2, 0.25) is 5.21 Å². The highest BCUT2D eigenvalue weighted by molar-refractivity contribution is 6.40. The first-order valence-corrected chi connectivity index (χ1v) is 8.83. The van der Waals surface area contributed by atoms with Gasteiger partial charge in [-0.2, -0.15) is 0 Å². The van der Waals surface area contributed by atoms with E-state index in [9.17, 15) is 0 Å². The van der Waals surface area contributed by atoms with Crippen molar-refractivity contribution in [2.24, 2.45) is 16.7 Å². The van der Waals surface area contributed by atoms with Crippen LogP contribution < -0.4 is 0 Å². The van der Waals surface area contributed by atoms with Gasteiger partial charge in [0.15, 0.2) is 0 Å². The molecule has 2 heteroatoms. The number of hydrogen-bond donors (Lipinski definition) is 0. The van der Waals surface area contributed by atoms with Gasteiger partial charge in [-0.3, -0.25) is 0 Å². The lowest BCUT2D eigenvalue weighted by atomic mass is 9.35. The largest absolute Gasteiger partial charge is 0.100 e. The molecule has 0 bridgehead atoms. The molecule has 0 heterocycles. The molecule has 0 atom stereocenters. The Balaban J connectivity index is 1.99. The molecule has 0 aromatic rings. The standard InChI is InChI=1S/C17H34B2/c1-4-9-15(2,3)17(18,19)14-7-12-16(13-8-14)10-5-6-11-16/h14H,4-13,18-19H2,1-3H3. The van der Waals surface area contributed by atoms with Gasteiger partial charge in [0, 0.05) is 0 Å². The summed E-state index contributed by atoms with van der Waals surface area (Å²) < 4.78 is 0. The molecule has 0 nitrogen and oxygen atoms in total. The van der Waals surface area contributed by atoms with Gasteiger partial charge >= 0.3 is 0 Å². The van der Waals surface area contributed by atoms with Crippen LogP contribution in [0.4, 0.5) is 0 Å². The van der Waals surface area contributed by atoms with E-state index < -0.39 is 0 Å². The lowest BCUT2D eigenvalue weighted by Crippen LogP contribution is -2.41. The van der Waals surface area contributed by atoms with E-state index in [1.165, 1.54) is 51.4 Å². The molecule has 0 saturated heterocycles. The summed E-state index contributed by atoms with van der Waals surface area (Å²) in [5.41, 5.74) is 1.29. The lowest BCUT2D eigenvalue weighted by Gasteiger charge is -2.51. The Bertz CT molecular complexity index is 290. The second-order valence-corrected chi connectivity index (χ2v) is 8.84. The average Bonchev–Trinajstić information content (AvgIpc) is 2.78. The van der Waals surface area contributed by atoms with Gasteiger partial charge in [0.2, 0.25) is 0 Å². The highest BCUT2D eigenvalue weighted by atomic mass is 14.5. The molecule has 0 aromatic carbocycles. The van der Waals surface area contributed by atoms with Crippen molar-refractivity contribution in [2.75, 3.05) is 0 Å². The second kappa shape index (κ2) is 5.49. The Morgan fingerprint density at radius 1 is 1.00 bits per heavy atom. The van der Waals surface area contributed by atoms with E-state index in [2.05, 4.69) is 36.5 Å². The molecule has 108 valence electrons. The van der Waals surface area contributed by atoms with Crippen LogP contribution in [0.3, 0.4) is 0 Å². The zero-order chi connectivity index (χ0) is 14.1. The Kier molecular flexibility index (Phi) is 4.48. The first-order chi connectivity index (χ1) is 8.83. The van der Waals surface area contributed by atoms with E-state index in [0.717, 1.165) is 11.3 Å². The first-order valence-electron chi connectivity index (χ1n) is 8.83. The van der Waals surface area contributed by atoms with Crippen LogP contribution in [0, 0.1) is 16.7 Å². The normalized spacial score (nSPS) is 25.0. The molecule has 2 fully saturated rings. The predicted molar refractivity (Wildman–Crippen MR) is 91.3 cm³/mol. The minimum atomic E-state index is 0.493. The third-order valence-corrected chi connectivity index (χ3v) is 7.35. The lowest BCUT2D eigenvalue weighted by molar-refractivity contribution is 0.107. The molecule has 0 radical (unpaired) electrons. The molecule has 0 N–H and O–H groups in total. The smallest absolute Gasteiger partial charge is 0.0769 e. The van der Waals surface area contributed by atoms with Crippen LogP contribution in [0.5, 0.6) is 0 Å². The number of rotatable bonds is 4. The summed E-state index contributed by atoms with van der Waals surface area (Å²) >= 11 is 0. The summed E-state index contributed by atoms with van der Waals surface area (Å²) in [5.74, 6) is 0.959. The molecule has 2 saturated carbocycles. The van der Waals surface area contributed by atoms with Crippen LogP contribution in [0.25, 0.3) is 0 Å². The Morgan fingerprint density at radius 2 is 1.53 bits per heavy atom. The highest BCUT2D eigenvalue weighted by Crippen LogP contribution is 2.58. The molecular formula is C17H34B2. The molecule has 0 unspecified atom stereocenters. The predicted octanol–water partition coefficient (Wildman–Crippen LogP) is 3.95. The maximum atomic E-state index is 2.56. The summed E-state index contributed by atoms with van der Waals surface area (Å²) in [4.78, 5) is 0. The Hall–Kier alpha value is 0.130. The van der Waals surface area contributed by atoms with Crippen molar-refractivity contribution in [3.63, 3.8) is 0 Å². The summed E-state index contributed by atoms with van der Waals surface area (Å²) in [6, 6.07) is 0. The fourth-order valence-electron chi connectivity index (χ4n) is 5.08. The SMILES string of the molecule is BC(B)(C1CCC2(CCCC2)CC1)C(C)(C)CCC. The van der Waals surface area contributed by atoms with Crippen molar-refractivity contribution >= 4 is 15.7 Å². The highest BCUT2D eigenvalue weighted by Gasteiger charge is 2.46. The van der Waals surface area contributed by atoms with E-state index in [0.29, 0.717) is 10.6 Å². The first kappa shape index (κ1) is 15.5. The van der Waals surface area contributed by atoms with Crippen molar-refractivity contribution < 1.29 is 0 Å². The Morgan fingerprint density at radius 3 is 2.00 bits per heavy atom. The fourth-order valence-corrected chi connectivity index (χ4v) is 5.08. The molecule has 0 aromatic heterocycles. The minimum Gasteiger partial charge on any atom is -0.0769 e. The van der Waals surface area contributed by atoms with E-state index in [-0.39, 0.29) is 0 Å². The van der Waals surface area contributed by atoms with E-state index in [4.69, 9.17) is 0 Å². The van der Waals surface area contributed by atoms with Gasteiger partial charge in [-0.1, -0.05) is 58.1 Å². The second-order valence-electron chi connectivity index (χ2n) is 8.84. The van der Waals surface area contributed by atoms with Crippen LogP contribution >= 0.6 is 0 Å². The van der Waals surface area contributed by atoms with Crippen LogP contribution in [-0.4, -0.2) is 15.7 Å². The van der Waals surface area contributed by atoms with E-state index in [1.54, 1.807) is 12.8 Å². The monoisotopic (exact) mass is 260 g/mol. The van der Waals surface area contributed by atoms with Crippen molar-refractivity contribution in [3.8, 4) is 0 Å². The molecule has 2 aliphatic rings. The third-order valence-electron chi connectivity index (χ3n) is 7.35. The van der Waals surface area contributed by atoms with Crippen molar-refractivity contribution in [1.29, 1.82) is 0 Å². The topological polar surface area (TPSA) is 0 Å². The van der Waals surface area contributed by atoms with Gasteiger partial charge in [0.1, 0.15) is 15.7 Å². The van der Waals surface area contributed by atoms with Gasteiger partial charge in [-0.15, -0.1) is 0 Å². The third kappa shape index (κ3) is 2.93. The van der Waals surface area contributed by atoms with Gasteiger partial charge in [-0.05, 0) is 48.9 Å². The fraction of sp³-hybridized carbons (Fsp3) is 1.00. The minimum absolute atomic E-state index is 0.493. The van der Waals surface area contributed by atoms with E-state index in [1.807, 2.05) is 0 Å². The summed E-state index contributed by atoms with van der Waals surface area (Å²) in [7, 11) is 5.11. The van der Waals surface area contributed by atoms with Gasteiger partial charge < -0.3 is 0 Å². The average molecular weight is 260 g/mol. The van der Waals surface area contributed by atoms with Crippen LogP contribution in [-0.2, 0) is 0 Å². The maximum absolute atomic E-state index is 2.56. The zero-order valence-electron chi connectivity index (χ0n) is 14.1. The Labute approximate surface area is 123 Å². The molecule has 0 aliphatic heterocycles. The summed E-state index contributed by atoms with van der Waals surface area (Å²) in [6.07, 6.45) is 14.9. The van der Waals surface area contributed by atoms with E-state index >= 15 is 0 Å². The van der Waals surface area contributed by atoms with Gasteiger partial charge in [0.05, 0.1) is 0 Å². The van der Waals surface area contributed by atoms with Crippen LogP contribution in [0.1, 0.15) is 85.0 Å². The molecule has 0 amide bonds. The van der Waals surface area contributed by atoms with Gasteiger partial charge in [-0.25, -0.2) is 0 Å². The van der Waals surface area contributed by atoms with Crippen molar-refractivity contribution in [3.05, 3.63) is 0 Å². The number of hydrogen-bond acceptors (Lipinski definition) is 0. The van der Waals surface area contributed by atoms with Crippen molar-refractivity contribution in [1.82, 2.24) is 0 Å². The molecule has 1 spiro atoms. The molecule has 2 rings (SSSR count). The molecule has 19 heavy (non-hydrogen) atoms. The van der Waals surface area contributed by atoms with Gasteiger partial charge in [0.25, 0.3) is 0 Å². The maximum Gasteiger partial charge on any atom is 0.100 e. The van der Waals surface area contributed by atoms with Crippen LogP contribution in [0.15, 0.2) is 0 Å². The quantitative estimate of drug-likeness (QED) is 0.671. The summed E-state index contributed by atoms with van der Waals surface area (Å²) in [6.45, 7) is 7.36. The molecule has 2 aliphatic carbocycles. The summed E-state index contributed by atoms with van der Waals surface area (Å²) in [5, 5.41) is 0.503. The zero-order valence-corrected chi connectivity index (χ0v) is 14.1. The molecular weight excluding hydrogens is 226 g/mol. The van der Waals surface area contributed by atoms with Crippen molar-refractivity contribution in [2.45, 2.75) is 90.2 Å².